The Morgan fingerprint density at radius 3 is 2.65 bits per heavy atom. The van der Waals surface area contributed by atoms with Crippen molar-refractivity contribution in [3.05, 3.63) is 35.1 Å². The van der Waals surface area contributed by atoms with Crippen LogP contribution >= 0.6 is 0 Å². The van der Waals surface area contributed by atoms with Crippen molar-refractivity contribution in [2.24, 2.45) is 0 Å². The van der Waals surface area contributed by atoms with Gasteiger partial charge in [-0.25, -0.2) is 4.39 Å². The van der Waals surface area contributed by atoms with Gasteiger partial charge < -0.3 is 9.84 Å². The highest BCUT2D eigenvalue weighted by Gasteiger charge is 2.40. The number of aryl methyl sites for hydroxylation is 1. The van der Waals surface area contributed by atoms with E-state index in [0.29, 0.717) is 25.0 Å². The molecule has 1 atom stereocenters. The van der Waals surface area contributed by atoms with Crippen LogP contribution in [0.2, 0.25) is 0 Å². The first-order chi connectivity index (χ1) is 7.82. The topological polar surface area (TPSA) is 29.5 Å². The molecule has 1 aliphatic rings. The molecule has 0 spiro atoms. The van der Waals surface area contributed by atoms with E-state index in [-0.39, 0.29) is 11.4 Å². The van der Waals surface area contributed by atoms with E-state index < -0.39 is 5.60 Å². The molecule has 1 aromatic carbocycles. The summed E-state index contributed by atoms with van der Waals surface area (Å²) in [5.41, 5.74) is 0.114. The van der Waals surface area contributed by atoms with Gasteiger partial charge in [0, 0.05) is 12.8 Å². The Balaban J connectivity index is 2.34. The molecule has 2 rings (SSSR count). The number of halogens is 1. The van der Waals surface area contributed by atoms with Gasteiger partial charge in [0.05, 0.1) is 17.8 Å². The van der Waals surface area contributed by atoms with Crippen LogP contribution in [0, 0.1) is 12.7 Å². The highest BCUT2D eigenvalue weighted by Crippen LogP contribution is 2.39. The molecule has 1 fully saturated rings. The molecule has 0 aliphatic carbocycles. The van der Waals surface area contributed by atoms with Crippen molar-refractivity contribution in [3.8, 4) is 0 Å². The Hall–Kier alpha value is -0.930. The van der Waals surface area contributed by atoms with Gasteiger partial charge in [-0.05, 0) is 38.0 Å². The molecule has 0 saturated carbocycles. The third-order valence-electron chi connectivity index (χ3n) is 3.42. The molecule has 1 heterocycles. The van der Waals surface area contributed by atoms with Gasteiger partial charge >= 0.3 is 0 Å². The summed E-state index contributed by atoms with van der Waals surface area (Å²) in [6.45, 7) is 6.17. The smallest absolute Gasteiger partial charge is 0.126 e. The molecule has 0 amide bonds. The van der Waals surface area contributed by atoms with Crippen LogP contribution in [0.1, 0.15) is 37.8 Å². The molecular formula is C14H19FO2. The van der Waals surface area contributed by atoms with Crippen LogP contribution in [0.3, 0.4) is 0 Å². The Bertz CT molecular complexity index is 428. The Labute approximate surface area is 101 Å². The van der Waals surface area contributed by atoms with Gasteiger partial charge in [-0.15, -0.1) is 0 Å². The molecule has 0 aromatic heterocycles. The van der Waals surface area contributed by atoms with E-state index in [4.69, 9.17) is 4.74 Å². The number of rotatable bonds is 1. The standard InChI is InChI=1S/C14H19FO2/c1-10-8-11(4-5-12(10)15)14(16)6-7-17-13(2,3)9-14/h4-5,8,16H,6-7,9H2,1-3H3. The minimum absolute atomic E-state index is 0.233. The average Bonchev–Trinajstić information content (AvgIpc) is 2.20. The molecule has 1 N–H and O–H groups in total. The fraction of sp³-hybridized carbons (Fsp3) is 0.571. The molecule has 2 nitrogen and oxygen atoms in total. The van der Waals surface area contributed by atoms with E-state index in [1.54, 1.807) is 19.1 Å². The first kappa shape index (κ1) is 12.5. The highest BCUT2D eigenvalue weighted by molar-refractivity contribution is 5.29. The largest absolute Gasteiger partial charge is 0.385 e. The third-order valence-corrected chi connectivity index (χ3v) is 3.42. The molecule has 1 aliphatic heterocycles. The van der Waals surface area contributed by atoms with Crippen LogP contribution in [0.15, 0.2) is 18.2 Å². The summed E-state index contributed by atoms with van der Waals surface area (Å²) >= 11 is 0. The maximum absolute atomic E-state index is 13.2. The molecule has 3 heteroatoms. The number of benzene rings is 1. The fourth-order valence-electron chi connectivity index (χ4n) is 2.52. The van der Waals surface area contributed by atoms with E-state index >= 15 is 0 Å². The first-order valence-electron chi connectivity index (χ1n) is 5.95. The summed E-state index contributed by atoms with van der Waals surface area (Å²) in [6, 6.07) is 4.82. The summed E-state index contributed by atoms with van der Waals surface area (Å²) < 4.78 is 18.8. The lowest BCUT2D eigenvalue weighted by Crippen LogP contribution is -2.43. The predicted molar refractivity (Wildman–Crippen MR) is 64.3 cm³/mol. The van der Waals surface area contributed by atoms with Crippen molar-refractivity contribution < 1.29 is 14.2 Å². The molecule has 94 valence electrons. The van der Waals surface area contributed by atoms with Gasteiger partial charge in [0.2, 0.25) is 0 Å². The monoisotopic (exact) mass is 238 g/mol. The number of ether oxygens (including phenoxy) is 1. The second-order valence-corrected chi connectivity index (χ2v) is 5.53. The van der Waals surface area contributed by atoms with Crippen molar-refractivity contribution >= 4 is 0 Å². The zero-order chi connectivity index (χ0) is 12.7. The normalized spacial score (nSPS) is 28.1. The van der Waals surface area contributed by atoms with Gasteiger partial charge in [-0.2, -0.15) is 0 Å². The van der Waals surface area contributed by atoms with Crippen LogP contribution in [-0.2, 0) is 10.3 Å². The molecule has 17 heavy (non-hydrogen) atoms. The fourth-order valence-corrected chi connectivity index (χ4v) is 2.52. The molecule has 1 unspecified atom stereocenters. The van der Waals surface area contributed by atoms with Crippen LogP contribution in [-0.4, -0.2) is 17.3 Å². The van der Waals surface area contributed by atoms with Crippen LogP contribution < -0.4 is 0 Å². The van der Waals surface area contributed by atoms with E-state index in [1.165, 1.54) is 6.07 Å². The van der Waals surface area contributed by atoms with E-state index in [2.05, 4.69) is 0 Å². The van der Waals surface area contributed by atoms with Crippen molar-refractivity contribution in [2.45, 2.75) is 44.8 Å². The van der Waals surface area contributed by atoms with E-state index in [0.717, 1.165) is 5.56 Å². The summed E-state index contributed by atoms with van der Waals surface area (Å²) in [7, 11) is 0. The second kappa shape index (κ2) is 4.07. The maximum Gasteiger partial charge on any atom is 0.126 e. The molecule has 1 aromatic rings. The van der Waals surface area contributed by atoms with E-state index in [9.17, 15) is 9.50 Å². The van der Waals surface area contributed by atoms with Crippen LogP contribution in [0.4, 0.5) is 4.39 Å². The highest BCUT2D eigenvalue weighted by atomic mass is 19.1. The van der Waals surface area contributed by atoms with Gasteiger partial charge in [-0.1, -0.05) is 12.1 Å². The summed E-state index contributed by atoms with van der Waals surface area (Å²) in [5, 5.41) is 10.7. The summed E-state index contributed by atoms with van der Waals surface area (Å²) in [6.07, 6.45) is 1.09. The minimum atomic E-state index is -0.903. The van der Waals surface area contributed by atoms with Crippen LogP contribution in [0.5, 0.6) is 0 Å². The number of hydrogen-bond donors (Lipinski definition) is 1. The minimum Gasteiger partial charge on any atom is -0.385 e. The molecule has 1 saturated heterocycles. The van der Waals surface area contributed by atoms with Gasteiger partial charge in [0.15, 0.2) is 0 Å². The van der Waals surface area contributed by atoms with E-state index in [1.807, 2.05) is 13.8 Å². The molecule has 0 bridgehead atoms. The quantitative estimate of drug-likeness (QED) is 0.815. The van der Waals surface area contributed by atoms with Gasteiger partial charge in [0.1, 0.15) is 5.82 Å². The van der Waals surface area contributed by atoms with Gasteiger partial charge in [0.25, 0.3) is 0 Å². The lowest BCUT2D eigenvalue weighted by atomic mass is 9.79. The average molecular weight is 238 g/mol. The van der Waals surface area contributed by atoms with Crippen LogP contribution in [0.25, 0.3) is 0 Å². The maximum atomic E-state index is 13.2. The SMILES string of the molecule is Cc1cc(C2(O)CCOC(C)(C)C2)ccc1F. The first-order valence-corrected chi connectivity index (χ1v) is 5.95. The summed E-state index contributed by atoms with van der Waals surface area (Å²) in [4.78, 5) is 0. The van der Waals surface area contributed by atoms with Crippen molar-refractivity contribution in [1.82, 2.24) is 0 Å². The van der Waals surface area contributed by atoms with Crippen molar-refractivity contribution in [3.63, 3.8) is 0 Å². The lowest BCUT2D eigenvalue weighted by Gasteiger charge is -2.42. The number of aliphatic hydroxyl groups is 1. The Kier molecular flexibility index (Phi) is 3.00. The lowest BCUT2D eigenvalue weighted by molar-refractivity contribution is -0.148. The Morgan fingerprint density at radius 1 is 1.35 bits per heavy atom. The van der Waals surface area contributed by atoms with Crippen molar-refractivity contribution in [1.29, 1.82) is 0 Å². The Morgan fingerprint density at radius 2 is 2.06 bits per heavy atom. The third kappa shape index (κ3) is 2.50. The van der Waals surface area contributed by atoms with Crippen molar-refractivity contribution in [2.75, 3.05) is 6.61 Å². The molecular weight excluding hydrogens is 219 g/mol. The predicted octanol–water partition coefficient (Wildman–Crippen LogP) is 2.91. The zero-order valence-corrected chi connectivity index (χ0v) is 10.6. The second-order valence-electron chi connectivity index (χ2n) is 5.53. The zero-order valence-electron chi connectivity index (χ0n) is 10.6. The molecule has 0 radical (unpaired) electrons. The van der Waals surface area contributed by atoms with Gasteiger partial charge in [-0.3, -0.25) is 0 Å². The summed E-state index contributed by atoms with van der Waals surface area (Å²) in [5.74, 6) is -0.233. The number of hydrogen-bond acceptors (Lipinski definition) is 2.